The highest BCUT2D eigenvalue weighted by atomic mass is 16.2. The highest BCUT2D eigenvalue weighted by Gasteiger charge is 2.23. The molecule has 130 valence electrons. The average Bonchev–Trinajstić information content (AvgIpc) is 3.11. The summed E-state index contributed by atoms with van der Waals surface area (Å²) in [5.74, 6) is 0.418. The Bertz CT molecular complexity index is 985. The predicted molar refractivity (Wildman–Crippen MR) is 98.7 cm³/mol. The number of carbonyl (C=O) groups excluding carboxylic acids is 1. The Balaban J connectivity index is 1.69. The molecular weight excluding hydrogens is 314 g/mol. The minimum atomic E-state index is -0.129. The lowest BCUT2D eigenvalue weighted by atomic mass is 9.86. The number of para-hydroxylation sites is 2. The highest BCUT2D eigenvalue weighted by Crippen LogP contribution is 2.23. The number of benzene rings is 1. The van der Waals surface area contributed by atoms with Crippen molar-refractivity contribution < 1.29 is 4.79 Å². The maximum Gasteiger partial charge on any atom is 0.275 e. The summed E-state index contributed by atoms with van der Waals surface area (Å²) in [6.07, 6.45) is 6.47. The number of aromatic nitrogens is 2. The molecule has 0 aliphatic heterocycles. The molecule has 1 saturated carbocycles. The molecule has 5 heteroatoms. The van der Waals surface area contributed by atoms with Crippen molar-refractivity contribution in [3.05, 3.63) is 52.9 Å². The maximum absolute atomic E-state index is 12.9. The van der Waals surface area contributed by atoms with E-state index in [0.717, 1.165) is 30.3 Å². The van der Waals surface area contributed by atoms with Gasteiger partial charge in [-0.15, -0.1) is 0 Å². The van der Waals surface area contributed by atoms with E-state index >= 15 is 0 Å². The number of hydrogen-bond donors (Lipinski definition) is 1. The standard InChI is InChI=1S/C20H23N3O2/c1-14-7-2-3-8-15(14)21-19(24)13-23-17-10-5-4-9-16(17)22-12-6-11-18(22)20(23)25/h4-6,9-12,14-15H,2-3,7-8,13H2,1H3,(H,21,24). The van der Waals surface area contributed by atoms with Crippen LogP contribution in [0.25, 0.3) is 16.6 Å². The summed E-state index contributed by atoms with van der Waals surface area (Å²) in [7, 11) is 0. The lowest BCUT2D eigenvalue weighted by Gasteiger charge is -2.29. The Morgan fingerprint density at radius 1 is 1.08 bits per heavy atom. The first-order chi connectivity index (χ1) is 12.1. The van der Waals surface area contributed by atoms with Gasteiger partial charge in [-0.2, -0.15) is 0 Å². The molecule has 4 rings (SSSR count). The summed E-state index contributed by atoms with van der Waals surface area (Å²) in [5, 5.41) is 3.15. The van der Waals surface area contributed by atoms with Gasteiger partial charge in [-0.3, -0.25) is 14.2 Å². The molecule has 1 aromatic carbocycles. The summed E-state index contributed by atoms with van der Waals surface area (Å²) in [4.78, 5) is 25.5. The molecule has 2 atom stereocenters. The quantitative estimate of drug-likeness (QED) is 0.799. The van der Waals surface area contributed by atoms with Crippen LogP contribution in [-0.4, -0.2) is 20.9 Å². The zero-order valence-electron chi connectivity index (χ0n) is 14.4. The van der Waals surface area contributed by atoms with E-state index in [-0.39, 0.29) is 24.1 Å². The molecule has 0 spiro atoms. The third-order valence-corrected chi connectivity index (χ3v) is 5.40. The molecule has 1 amide bonds. The topological polar surface area (TPSA) is 55.5 Å². The van der Waals surface area contributed by atoms with Crippen molar-refractivity contribution in [2.24, 2.45) is 5.92 Å². The predicted octanol–water partition coefficient (Wildman–Crippen LogP) is 2.95. The Hall–Kier alpha value is -2.56. The normalized spacial score (nSPS) is 20.8. The lowest BCUT2D eigenvalue weighted by Crippen LogP contribution is -2.43. The second kappa shape index (κ2) is 6.39. The molecule has 1 N–H and O–H groups in total. The number of nitrogens with zero attached hydrogens (tertiary/aromatic N) is 2. The van der Waals surface area contributed by atoms with Gasteiger partial charge in [0.2, 0.25) is 5.91 Å². The highest BCUT2D eigenvalue weighted by molar-refractivity contribution is 5.82. The van der Waals surface area contributed by atoms with Gasteiger partial charge in [0, 0.05) is 12.2 Å². The van der Waals surface area contributed by atoms with Gasteiger partial charge < -0.3 is 9.72 Å². The molecule has 25 heavy (non-hydrogen) atoms. The second-order valence-electron chi connectivity index (χ2n) is 7.08. The first kappa shape index (κ1) is 15.9. The van der Waals surface area contributed by atoms with Gasteiger partial charge in [0.25, 0.3) is 5.56 Å². The SMILES string of the molecule is CC1CCCCC1NC(=O)Cn1c(=O)c2cccn2c2ccccc21. The van der Waals surface area contributed by atoms with Crippen molar-refractivity contribution in [3.63, 3.8) is 0 Å². The largest absolute Gasteiger partial charge is 0.352 e. The van der Waals surface area contributed by atoms with Crippen LogP contribution in [0.4, 0.5) is 0 Å². The number of rotatable bonds is 3. The van der Waals surface area contributed by atoms with Crippen molar-refractivity contribution >= 4 is 22.5 Å². The number of carbonyl (C=O) groups is 1. The fourth-order valence-corrected chi connectivity index (χ4v) is 3.99. The van der Waals surface area contributed by atoms with Gasteiger partial charge in [-0.1, -0.05) is 31.9 Å². The smallest absolute Gasteiger partial charge is 0.275 e. The van der Waals surface area contributed by atoms with E-state index in [1.54, 1.807) is 10.6 Å². The van der Waals surface area contributed by atoms with Crippen molar-refractivity contribution in [1.82, 2.24) is 14.3 Å². The zero-order chi connectivity index (χ0) is 17.4. The maximum atomic E-state index is 12.9. The minimum absolute atomic E-state index is 0.0598. The van der Waals surface area contributed by atoms with E-state index < -0.39 is 0 Å². The molecule has 2 heterocycles. The lowest BCUT2D eigenvalue weighted by molar-refractivity contribution is -0.122. The van der Waals surface area contributed by atoms with E-state index in [0.29, 0.717) is 11.4 Å². The summed E-state index contributed by atoms with van der Waals surface area (Å²) >= 11 is 0. The van der Waals surface area contributed by atoms with Crippen LogP contribution in [0.1, 0.15) is 32.6 Å². The van der Waals surface area contributed by atoms with Crippen LogP contribution in [0.3, 0.4) is 0 Å². The number of hydrogen-bond acceptors (Lipinski definition) is 2. The van der Waals surface area contributed by atoms with Crippen molar-refractivity contribution in [2.75, 3.05) is 0 Å². The Morgan fingerprint density at radius 3 is 2.60 bits per heavy atom. The van der Waals surface area contributed by atoms with Crippen LogP contribution >= 0.6 is 0 Å². The number of amides is 1. The third-order valence-electron chi connectivity index (χ3n) is 5.40. The van der Waals surface area contributed by atoms with Crippen LogP contribution in [-0.2, 0) is 11.3 Å². The van der Waals surface area contributed by atoms with Gasteiger partial charge >= 0.3 is 0 Å². The van der Waals surface area contributed by atoms with E-state index in [1.165, 1.54) is 6.42 Å². The van der Waals surface area contributed by atoms with Gasteiger partial charge in [0.05, 0.1) is 11.0 Å². The molecule has 1 aliphatic carbocycles. The summed E-state index contributed by atoms with van der Waals surface area (Å²) < 4.78 is 3.47. The van der Waals surface area contributed by atoms with Crippen molar-refractivity contribution in [3.8, 4) is 0 Å². The van der Waals surface area contributed by atoms with Gasteiger partial charge in [0.1, 0.15) is 12.1 Å². The number of nitrogens with one attached hydrogen (secondary N) is 1. The third kappa shape index (κ3) is 2.84. The summed E-state index contributed by atoms with van der Waals surface area (Å²) in [5.41, 5.74) is 2.18. The molecule has 3 aromatic rings. The molecule has 2 aromatic heterocycles. The molecule has 1 fully saturated rings. The minimum Gasteiger partial charge on any atom is -0.352 e. The fourth-order valence-electron chi connectivity index (χ4n) is 3.99. The Kier molecular flexibility index (Phi) is 4.07. The zero-order valence-corrected chi connectivity index (χ0v) is 14.4. The van der Waals surface area contributed by atoms with E-state index in [4.69, 9.17) is 0 Å². The van der Waals surface area contributed by atoms with Crippen LogP contribution in [0, 0.1) is 5.92 Å². The van der Waals surface area contributed by atoms with E-state index in [1.807, 2.05) is 40.9 Å². The van der Waals surface area contributed by atoms with Gasteiger partial charge in [-0.25, -0.2) is 0 Å². The van der Waals surface area contributed by atoms with E-state index in [2.05, 4.69) is 12.2 Å². The monoisotopic (exact) mass is 337 g/mol. The average molecular weight is 337 g/mol. The molecule has 2 unspecified atom stereocenters. The fraction of sp³-hybridized carbons (Fsp3) is 0.400. The molecule has 0 saturated heterocycles. The first-order valence-corrected chi connectivity index (χ1v) is 9.03. The first-order valence-electron chi connectivity index (χ1n) is 9.03. The van der Waals surface area contributed by atoms with Crippen molar-refractivity contribution in [2.45, 2.75) is 45.2 Å². The summed E-state index contributed by atoms with van der Waals surface area (Å²) in [6.45, 7) is 2.25. The second-order valence-corrected chi connectivity index (χ2v) is 7.08. The number of fused-ring (bicyclic) bond motifs is 3. The molecule has 5 nitrogen and oxygen atoms in total. The van der Waals surface area contributed by atoms with Gasteiger partial charge in [-0.05, 0) is 43.0 Å². The summed E-state index contributed by atoms with van der Waals surface area (Å²) in [6, 6.07) is 11.6. The van der Waals surface area contributed by atoms with E-state index in [9.17, 15) is 9.59 Å². The Labute approximate surface area is 146 Å². The Morgan fingerprint density at radius 2 is 1.80 bits per heavy atom. The van der Waals surface area contributed by atoms with Crippen LogP contribution in [0.2, 0.25) is 0 Å². The van der Waals surface area contributed by atoms with Crippen LogP contribution in [0.5, 0.6) is 0 Å². The van der Waals surface area contributed by atoms with Crippen molar-refractivity contribution in [1.29, 1.82) is 0 Å². The van der Waals surface area contributed by atoms with Crippen LogP contribution in [0.15, 0.2) is 47.4 Å². The molecule has 0 bridgehead atoms. The molecule has 1 aliphatic rings. The molecule has 0 radical (unpaired) electrons. The molecular formula is C20H23N3O2. The van der Waals surface area contributed by atoms with Crippen LogP contribution < -0.4 is 10.9 Å². The van der Waals surface area contributed by atoms with Gasteiger partial charge in [0.15, 0.2) is 0 Å².